The zero-order valence-corrected chi connectivity index (χ0v) is 8.73. The molecule has 1 aromatic rings. The first kappa shape index (κ1) is 9.30. The van der Waals surface area contributed by atoms with E-state index in [2.05, 4.69) is 5.10 Å². The van der Waals surface area contributed by atoms with Crippen molar-refractivity contribution in [1.82, 2.24) is 14.3 Å². The van der Waals surface area contributed by atoms with Gasteiger partial charge in [0.2, 0.25) is 0 Å². The molecule has 0 aromatic carbocycles. The molecule has 0 amide bonds. The van der Waals surface area contributed by atoms with Gasteiger partial charge in [-0.3, -0.25) is 0 Å². The number of hydrogen-bond donors (Lipinski definition) is 0. The Labute approximate surface area is 82.3 Å². The summed E-state index contributed by atoms with van der Waals surface area (Å²) in [5, 5.41) is 4.06. The van der Waals surface area contributed by atoms with E-state index in [1.165, 1.54) is 4.68 Å². The molecule has 0 atom stereocenters. The zero-order valence-electron chi connectivity index (χ0n) is 8.73. The van der Waals surface area contributed by atoms with E-state index in [1.54, 1.807) is 11.6 Å². The maximum atomic E-state index is 11.6. The zero-order chi connectivity index (χ0) is 10.3. The third kappa shape index (κ3) is 1.54. The second-order valence-corrected chi connectivity index (χ2v) is 3.96. The Balaban J connectivity index is 2.37. The van der Waals surface area contributed by atoms with Crippen molar-refractivity contribution >= 4 is 0 Å². The average molecular weight is 197 g/mol. The summed E-state index contributed by atoms with van der Waals surface area (Å²) in [7, 11) is 1.65. The Morgan fingerprint density at radius 2 is 2.14 bits per heavy atom. The smallest absolute Gasteiger partial charge is 0.348 e. The highest BCUT2D eigenvalue weighted by Crippen LogP contribution is 2.35. The standard InChI is InChI=1S/C9H15N3O2/c1-6(2)14-8-10-11(3)9(13)12(8)7-4-5-7/h6-7H,4-5H2,1-3H3. The molecular weight excluding hydrogens is 182 g/mol. The van der Waals surface area contributed by atoms with Crippen LogP contribution in [0.5, 0.6) is 6.01 Å². The minimum Gasteiger partial charge on any atom is -0.461 e. The van der Waals surface area contributed by atoms with Gasteiger partial charge in [0, 0.05) is 13.1 Å². The quantitative estimate of drug-likeness (QED) is 0.716. The maximum absolute atomic E-state index is 11.6. The first-order chi connectivity index (χ1) is 6.59. The largest absolute Gasteiger partial charge is 0.461 e. The van der Waals surface area contributed by atoms with Crippen molar-refractivity contribution in [3.63, 3.8) is 0 Å². The molecule has 1 aliphatic carbocycles. The summed E-state index contributed by atoms with van der Waals surface area (Å²) in [5.41, 5.74) is -0.0804. The lowest BCUT2D eigenvalue weighted by atomic mass is 10.5. The number of aromatic nitrogens is 3. The molecule has 0 bridgehead atoms. The molecule has 0 unspecified atom stereocenters. The van der Waals surface area contributed by atoms with E-state index < -0.39 is 0 Å². The van der Waals surface area contributed by atoms with Crippen LogP contribution in [0.3, 0.4) is 0 Å². The van der Waals surface area contributed by atoms with Crippen LogP contribution in [0.1, 0.15) is 32.7 Å². The van der Waals surface area contributed by atoms with Gasteiger partial charge in [0.25, 0.3) is 0 Å². The predicted octanol–water partition coefficient (Wildman–Crippen LogP) is 0.704. The lowest BCUT2D eigenvalue weighted by molar-refractivity contribution is 0.209. The third-order valence-corrected chi connectivity index (χ3v) is 2.18. The molecule has 0 aliphatic heterocycles. The van der Waals surface area contributed by atoms with Crippen LogP contribution in [0.15, 0.2) is 4.79 Å². The summed E-state index contributed by atoms with van der Waals surface area (Å²) in [6, 6.07) is 0.764. The molecule has 1 heterocycles. The second kappa shape index (κ2) is 3.15. The van der Waals surface area contributed by atoms with Crippen molar-refractivity contribution in [1.29, 1.82) is 0 Å². The van der Waals surface area contributed by atoms with Crippen LogP contribution < -0.4 is 10.4 Å². The number of aryl methyl sites for hydroxylation is 1. The molecule has 5 heteroatoms. The minimum atomic E-state index is -0.0804. The van der Waals surface area contributed by atoms with Gasteiger partial charge < -0.3 is 4.74 Å². The summed E-state index contributed by atoms with van der Waals surface area (Å²) in [6.45, 7) is 3.85. The number of rotatable bonds is 3. The van der Waals surface area contributed by atoms with E-state index in [-0.39, 0.29) is 11.8 Å². The average Bonchev–Trinajstić information content (AvgIpc) is 2.83. The van der Waals surface area contributed by atoms with Crippen LogP contribution in [0.4, 0.5) is 0 Å². The molecule has 5 nitrogen and oxygen atoms in total. The van der Waals surface area contributed by atoms with Crippen molar-refractivity contribution in [3.8, 4) is 6.01 Å². The molecule has 1 aliphatic rings. The van der Waals surface area contributed by atoms with Gasteiger partial charge in [-0.25, -0.2) is 14.0 Å². The van der Waals surface area contributed by atoms with Crippen LogP contribution in [0, 0.1) is 0 Å². The molecule has 2 rings (SSSR count). The summed E-state index contributed by atoms with van der Waals surface area (Å²) in [5.74, 6) is 0. The number of ether oxygens (including phenoxy) is 1. The Hall–Kier alpha value is -1.26. The summed E-state index contributed by atoms with van der Waals surface area (Å²) >= 11 is 0. The maximum Gasteiger partial charge on any atom is 0.348 e. The van der Waals surface area contributed by atoms with E-state index in [0.717, 1.165) is 12.8 Å². The molecule has 0 saturated heterocycles. The van der Waals surface area contributed by atoms with E-state index in [0.29, 0.717) is 12.1 Å². The second-order valence-electron chi connectivity index (χ2n) is 3.96. The van der Waals surface area contributed by atoms with Gasteiger partial charge >= 0.3 is 11.7 Å². The van der Waals surface area contributed by atoms with Crippen LogP contribution in [-0.4, -0.2) is 20.5 Å². The molecule has 1 aromatic heterocycles. The van der Waals surface area contributed by atoms with Gasteiger partial charge in [0.05, 0.1) is 6.10 Å². The Kier molecular flexibility index (Phi) is 2.09. The van der Waals surface area contributed by atoms with Crippen molar-refractivity contribution in [2.45, 2.75) is 38.8 Å². The fraction of sp³-hybridized carbons (Fsp3) is 0.778. The topological polar surface area (TPSA) is 49.1 Å². The predicted molar refractivity (Wildman–Crippen MR) is 51.5 cm³/mol. The van der Waals surface area contributed by atoms with E-state index in [4.69, 9.17) is 4.74 Å². The summed E-state index contributed by atoms with van der Waals surface area (Å²) in [4.78, 5) is 11.6. The fourth-order valence-corrected chi connectivity index (χ4v) is 1.39. The molecule has 78 valence electrons. The van der Waals surface area contributed by atoms with Gasteiger partial charge in [-0.05, 0) is 26.7 Å². The van der Waals surface area contributed by atoms with Gasteiger partial charge in [-0.15, -0.1) is 5.10 Å². The van der Waals surface area contributed by atoms with E-state index in [1.807, 2.05) is 13.8 Å². The highest BCUT2D eigenvalue weighted by Gasteiger charge is 2.30. The van der Waals surface area contributed by atoms with Gasteiger partial charge in [-0.1, -0.05) is 0 Å². The SMILES string of the molecule is CC(C)Oc1nn(C)c(=O)n1C1CC1. The third-order valence-electron chi connectivity index (χ3n) is 2.18. The highest BCUT2D eigenvalue weighted by atomic mass is 16.5. The van der Waals surface area contributed by atoms with Crippen LogP contribution in [0.2, 0.25) is 0 Å². The lowest BCUT2D eigenvalue weighted by Crippen LogP contribution is -2.22. The first-order valence-electron chi connectivity index (χ1n) is 4.91. The van der Waals surface area contributed by atoms with Crippen molar-refractivity contribution < 1.29 is 4.74 Å². The fourth-order valence-electron chi connectivity index (χ4n) is 1.39. The Bertz CT molecular complexity index is 387. The molecule has 0 radical (unpaired) electrons. The summed E-state index contributed by atoms with van der Waals surface area (Å²) < 4.78 is 8.46. The van der Waals surface area contributed by atoms with Crippen LogP contribution in [-0.2, 0) is 7.05 Å². The highest BCUT2D eigenvalue weighted by molar-refractivity contribution is 5.01. The van der Waals surface area contributed by atoms with Crippen molar-refractivity contribution in [3.05, 3.63) is 10.5 Å². The van der Waals surface area contributed by atoms with Crippen molar-refractivity contribution in [2.24, 2.45) is 7.05 Å². The Morgan fingerprint density at radius 1 is 1.50 bits per heavy atom. The van der Waals surface area contributed by atoms with Gasteiger partial charge in [0.1, 0.15) is 0 Å². The van der Waals surface area contributed by atoms with E-state index >= 15 is 0 Å². The monoisotopic (exact) mass is 197 g/mol. The van der Waals surface area contributed by atoms with Gasteiger partial charge in [0.15, 0.2) is 0 Å². The van der Waals surface area contributed by atoms with Gasteiger partial charge in [-0.2, -0.15) is 0 Å². The molecule has 14 heavy (non-hydrogen) atoms. The lowest BCUT2D eigenvalue weighted by Gasteiger charge is -2.08. The first-order valence-corrected chi connectivity index (χ1v) is 4.91. The number of hydrogen-bond acceptors (Lipinski definition) is 3. The summed E-state index contributed by atoms with van der Waals surface area (Å²) in [6.07, 6.45) is 2.16. The van der Waals surface area contributed by atoms with E-state index in [9.17, 15) is 4.79 Å². The molecule has 0 spiro atoms. The number of nitrogens with zero attached hydrogens (tertiary/aromatic N) is 3. The molecule has 0 N–H and O–H groups in total. The molecule has 1 saturated carbocycles. The van der Waals surface area contributed by atoms with Crippen LogP contribution >= 0.6 is 0 Å². The molecular formula is C9H15N3O2. The molecule has 1 fully saturated rings. The normalized spacial score (nSPS) is 16.3. The van der Waals surface area contributed by atoms with Crippen LogP contribution in [0.25, 0.3) is 0 Å². The van der Waals surface area contributed by atoms with Crippen molar-refractivity contribution in [2.75, 3.05) is 0 Å². The minimum absolute atomic E-state index is 0.0503. The Morgan fingerprint density at radius 3 is 2.64 bits per heavy atom.